The first kappa shape index (κ1) is 12.6. The first-order chi connectivity index (χ1) is 8.58. The van der Waals surface area contributed by atoms with Gasteiger partial charge in [-0.15, -0.1) is 11.3 Å². The van der Waals surface area contributed by atoms with Crippen LogP contribution in [0.2, 0.25) is 0 Å². The molecule has 0 aliphatic heterocycles. The third kappa shape index (κ3) is 2.68. The second-order valence-electron chi connectivity index (χ2n) is 3.93. The number of pyridine rings is 1. The third-order valence-corrected chi connectivity index (χ3v) is 3.31. The van der Waals surface area contributed by atoms with E-state index in [4.69, 9.17) is 4.74 Å². The zero-order chi connectivity index (χ0) is 13.1. The lowest BCUT2D eigenvalue weighted by atomic mass is 10.1. The molecule has 0 saturated heterocycles. The first-order valence-electron chi connectivity index (χ1n) is 5.44. The Morgan fingerprint density at radius 2 is 2.28 bits per heavy atom. The predicted molar refractivity (Wildman–Crippen MR) is 69.3 cm³/mol. The number of carboxylic acids is 1. The van der Waals surface area contributed by atoms with Gasteiger partial charge >= 0.3 is 5.97 Å². The number of aryl methyl sites for hydroxylation is 2. The molecule has 4 nitrogen and oxygen atoms in total. The molecule has 0 amide bonds. The average Bonchev–Trinajstić information content (AvgIpc) is 2.77. The SMILES string of the molecule is Cc1cc(C)c(C(=O)O)c(OCc2cccs2)n1. The van der Waals surface area contributed by atoms with Crippen molar-refractivity contribution >= 4 is 17.3 Å². The van der Waals surface area contributed by atoms with Gasteiger partial charge in [-0.05, 0) is 36.9 Å². The van der Waals surface area contributed by atoms with Crippen LogP contribution < -0.4 is 4.74 Å². The fourth-order valence-electron chi connectivity index (χ4n) is 1.70. The summed E-state index contributed by atoms with van der Waals surface area (Å²) < 4.78 is 5.52. The summed E-state index contributed by atoms with van der Waals surface area (Å²) in [6.07, 6.45) is 0. The molecule has 94 valence electrons. The molecule has 18 heavy (non-hydrogen) atoms. The van der Waals surface area contributed by atoms with Gasteiger partial charge in [0.25, 0.3) is 0 Å². The van der Waals surface area contributed by atoms with Crippen molar-refractivity contribution in [3.63, 3.8) is 0 Å². The number of rotatable bonds is 4. The largest absolute Gasteiger partial charge is 0.477 e. The van der Waals surface area contributed by atoms with Crippen LogP contribution in [0.4, 0.5) is 0 Å². The zero-order valence-electron chi connectivity index (χ0n) is 10.1. The van der Waals surface area contributed by atoms with E-state index in [9.17, 15) is 9.90 Å². The summed E-state index contributed by atoms with van der Waals surface area (Å²) in [5.74, 6) is -0.824. The molecule has 0 radical (unpaired) electrons. The minimum absolute atomic E-state index is 0.136. The Bertz CT molecular complexity index is 564. The summed E-state index contributed by atoms with van der Waals surface area (Å²) in [5.41, 5.74) is 1.55. The summed E-state index contributed by atoms with van der Waals surface area (Å²) >= 11 is 1.56. The Labute approximate surface area is 109 Å². The second-order valence-corrected chi connectivity index (χ2v) is 4.97. The molecule has 0 unspecified atom stereocenters. The average molecular weight is 263 g/mol. The van der Waals surface area contributed by atoms with Crippen LogP contribution in [0.1, 0.15) is 26.5 Å². The van der Waals surface area contributed by atoms with Crippen molar-refractivity contribution < 1.29 is 14.6 Å². The number of nitrogens with zero attached hydrogens (tertiary/aromatic N) is 1. The molecule has 2 aromatic rings. The first-order valence-corrected chi connectivity index (χ1v) is 6.32. The van der Waals surface area contributed by atoms with Gasteiger partial charge in [0.15, 0.2) is 0 Å². The van der Waals surface area contributed by atoms with Gasteiger partial charge in [-0.2, -0.15) is 0 Å². The molecule has 2 aromatic heterocycles. The van der Waals surface area contributed by atoms with E-state index in [1.54, 1.807) is 24.3 Å². The molecule has 2 heterocycles. The summed E-state index contributed by atoms with van der Waals surface area (Å²) in [5, 5.41) is 11.1. The molecule has 0 saturated carbocycles. The lowest BCUT2D eigenvalue weighted by Crippen LogP contribution is -2.08. The second kappa shape index (κ2) is 5.18. The minimum Gasteiger partial charge on any atom is -0.477 e. The Morgan fingerprint density at radius 3 is 2.89 bits per heavy atom. The van der Waals surface area contributed by atoms with Crippen molar-refractivity contribution in [2.24, 2.45) is 0 Å². The van der Waals surface area contributed by atoms with E-state index in [0.717, 1.165) is 10.6 Å². The summed E-state index contributed by atoms with van der Waals surface area (Å²) in [4.78, 5) is 16.4. The quantitative estimate of drug-likeness (QED) is 0.921. The number of aromatic carboxylic acids is 1. The highest BCUT2D eigenvalue weighted by Crippen LogP contribution is 2.22. The predicted octanol–water partition coefficient (Wildman–Crippen LogP) is 3.04. The van der Waals surface area contributed by atoms with Gasteiger partial charge in [-0.25, -0.2) is 9.78 Å². The van der Waals surface area contributed by atoms with Crippen LogP contribution >= 0.6 is 11.3 Å². The number of thiophene rings is 1. The van der Waals surface area contributed by atoms with Crippen LogP contribution in [-0.2, 0) is 6.61 Å². The summed E-state index contributed by atoms with van der Waals surface area (Å²) in [6, 6.07) is 5.60. The molecular formula is C13H13NO3S. The van der Waals surface area contributed by atoms with Crippen molar-refractivity contribution in [2.45, 2.75) is 20.5 Å². The maximum atomic E-state index is 11.2. The van der Waals surface area contributed by atoms with E-state index in [-0.39, 0.29) is 11.4 Å². The van der Waals surface area contributed by atoms with Crippen molar-refractivity contribution in [3.05, 3.63) is 45.3 Å². The lowest BCUT2D eigenvalue weighted by Gasteiger charge is -2.10. The number of carboxylic acid groups (broad SMARTS) is 1. The molecular weight excluding hydrogens is 250 g/mol. The summed E-state index contributed by atoms with van der Waals surface area (Å²) in [7, 11) is 0. The Balaban J connectivity index is 2.28. The van der Waals surface area contributed by atoms with Gasteiger partial charge in [-0.1, -0.05) is 6.07 Å². The molecule has 1 N–H and O–H groups in total. The Hall–Kier alpha value is -1.88. The van der Waals surface area contributed by atoms with E-state index in [1.807, 2.05) is 24.4 Å². The molecule has 0 spiro atoms. The smallest absolute Gasteiger partial charge is 0.341 e. The summed E-state index contributed by atoms with van der Waals surface area (Å²) in [6.45, 7) is 3.90. The van der Waals surface area contributed by atoms with Crippen LogP contribution in [0.25, 0.3) is 0 Å². The fourth-order valence-corrected chi connectivity index (χ4v) is 2.32. The van der Waals surface area contributed by atoms with E-state index in [1.165, 1.54) is 0 Å². The van der Waals surface area contributed by atoms with Crippen LogP contribution in [0, 0.1) is 13.8 Å². The fraction of sp³-hybridized carbons (Fsp3) is 0.231. The van der Waals surface area contributed by atoms with Crippen LogP contribution in [0.5, 0.6) is 5.88 Å². The highest BCUT2D eigenvalue weighted by Gasteiger charge is 2.17. The van der Waals surface area contributed by atoms with Gasteiger partial charge in [0.05, 0.1) is 0 Å². The van der Waals surface area contributed by atoms with Gasteiger partial charge in [0.1, 0.15) is 12.2 Å². The monoisotopic (exact) mass is 263 g/mol. The standard InChI is InChI=1S/C13H13NO3S/c1-8-6-9(2)14-12(11(8)13(15)16)17-7-10-4-3-5-18-10/h3-6H,7H2,1-2H3,(H,15,16). The van der Waals surface area contributed by atoms with E-state index in [2.05, 4.69) is 4.98 Å². The van der Waals surface area contributed by atoms with Gasteiger partial charge in [0, 0.05) is 10.6 Å². The zero-order valence-corrected chi connectivity index (χ0v) is 11.0. The molecule has 0 aliphatic carbocycles. The molecule has 0 fully saturated rings. The van der Waals surface area contributed by atoms with Crippen molar-refractivity contribution in [1.82, 2.24) is 4.98 Å². The maximum Gasteiger partial charge on any atom is 0.341 e. The molecule has 5 heteroatoms. The van der Waals surface area contributed by atoms with Crippen molar-refractivity contribution in [2.75, 3.05) is 0 Å². The number of carbonyl (C=O) groups is 1. The number of ether oxygens (including phenoxy) is 1. The number of hydrogen-bond donors (Lipinski definition) is 1. The number of aromatic nitrogens is 1. The highest BCUT2D eigenvalue weighted by atomic mass is 32.1. The Morgan fingerprint density at radius 1 is 1.50 bits per heavy atom. The van der Waals surface area contributed by atoms with Crippen LogP contribution in [0.3, 0.4) is 0 Å². The highest BCUT2D eigenvalue weighted by molar-refractivity contribution is 7.09. The van der Waals surface area contributed by atoms with Gasteiger partial charge in [0.2, 0.25) is 5.88 Å². The Kier molecular flexibility index (Phi) is 3.62. The normalized spacial score (nSPS) is 10.3. The molecule has 0 aromatic carbocycles. The van der Waals surface area contributed by atoms with Crippen LogP contribution in [0.15, 0.2) is 23.6 Å². The van der Waals surface area contributed by atoms with E-state index >= 15 is 0 Å². The molecule has 0 aliphatic rings. The third-order valence-electron chi connectivity index (χ3n) is 2.46. The van der Waals surface area contributed by atoms with E-state index < -0.39 is 5.97 Å². The minimum atomic E-state index is -1.01. The van der Waals surface area contributed by atoms with Crippen molar-refractivity contribution in [3.8, 4) is 5.88 Å². The van der Waals surface area contributed by atoms with Gasteiger partial charge < -0.3 is 9.84 Å². The molecule has 0 bridgehead atoms. The van der Waals surface area contributed by atoms with Crippen molar-refractivity contribution in [1.29, 1.82) is 0 Å². The number of hydrogen-bond acceptors (Lipinski definition) is 4. The van der Waals surface area contributed by atoms with E-state index in [0.29, 0.717) is 12.2 Å². The lowest BCUT2D eigenvalue weighted by molar-refractivity contribution is 0.0690. The maximum absolute atomic E-state index is 11.2. The van der Waals surface area contributed by atoms with Crippen LogP contribution in [-0.4, -0.2) is 16.1 Å². The molecule has 0 atom stereocenters. The molecule has 2 rings (SSSR count). The van der Waals surface area contributed by atoms with Gasteiger partial charge in [-0.3, -0.25) is 0 Å². The topological polar surface area (TPSA) is 59.4 Å².